The van der Waals surface area contributed by atoms with Gasteiger partial charge >= 0.3 is 0 Å². The van der Waals surface area contributed by atoms with Crippen LogP contribution >= 0.6 is 11.6 Å². The molecule has 1 heterocycles. The van der Waals surface area contributed by atoms with E-state index in [1.807, 2.05) is 12.1 Å². The molecule has 0 atom stereocenters. The molecule has 0 aliphatic heterocycles. The Morgan fingerprint density at radius 2 is 2.16 bits per heavy atom. The summed E-state index contributed by atoms with van der Waals surface area (Å²) in [6.07, 6.45) is 4.71. The number of aromatic nitrogens is 1. The van der Waals surface area contributed by atoms with E-state index in [9.17, 15) is 4.79 Å². The zero-order chi connectivity index (χ0) is 13.7. The van der Waals surface area contributed by atoms with Crippen LogP contribution in [0.3, 0.4) is 0 Å². The second-order valence-corrected chi connectivity index (χ2v) is 4.28. The van der Waals surface area contributed by atoms with E-state index in [2.05, 4.69) is 4.98 Å². The molecule has 96 valence electrons. The number of ketones is 1. The number of nitrogens with zero attached hydrogens (tertiary/aromatic N) is 1. The topological polar surface area (TPSA) is 39.2 Å². The van der Waals surface area contributed by atoms with E-state index in [1.54, 1.807) is 30.3 Å². The standard InChI is InChI=1S/C15H12ClNO2/c1-19-15-8-6-12(10-17-15)14(18)7-5-11-3-2-4-13(16)9-11/h2-10H,1H3/b7-5+. The average molecular weight is 274 g/mol. The predicted octanol–water partition coefficient (Wildman–Crippen LogP) is 3.64. The summed E-state index contributed by atoms with van der Waals surface area (Å²) in [4.78, 5) is 15.9. The van der Waals surface area contributed by atoms with Crippen LogP contribution in [-0.2, 0) is 0 Å². The summed E-state index contributed by atoms with van der Waals surface area (Å²) >= 11 is 5.87. The van der Waals surface area contributed by atoms with E-state index >= 15 is 0 Å². The van der Waals surface area contributed by atoms with Crippen LogP contribution in [0, 0.1) is 0 Å². The third-order valence-electron chi connectivity index (χ3n) is 2.51. The summed E-state index contributed by atoms with van der Waals surface area (Å²) in [6, 6.07) is 10.6. The zero-order valence-corrected chi connectivity index (χ0v) is 11.1. The molecule has 4 heteroatoms. The molecule has 1 aromatic heterocycles. The van der Waals surface area contributed by atoms with Gasteiger partial charge in [-0.15, -0.1) is 0 Å². The molecule has 0 saturated carbocycles. The second-order valence-electron chi connectivity index (χ2n) is 3.84. The van der Waals surface area contributed by atoms with Gasteiger partial charge in [0, 0.05) is 22.8 Å². The summed E-state index contributed by atoms with van der Waals surface area (Å²) in [5.74, 6) is 0.366. The van der Waals surface area contributed by atoms with E-state index in [0.29, 0.717) is 16.5 Å². The van der Waals surface area contributed by atoms with Gasteiger partial charge in [-0.25, -0.2) is 4.98 Å². The molecular formula is C15H12ClNO2. The molecule has 0 fully saturated rings. The molecule has 0 amide bonds. The van der Waals surface area contributed by atoms with Crippen molar-refractivity contribution in [3.8, 4) is 5.88 Å². The highest BCUT2D eigenvalue weighted by molar-refractivity contribution is 6.30. The highest BCUT2D eigenvalue weighted by Gasteiger charge is 2.02. The Labute approximate surface area is 116 Å². The molecule has 1 aromatic carbocycles. The molecule has 0 aliphatic rings. The number of rotatable bonds is 4. The van der Waals surface area contributed by atoms with Crippen molar-refractivity contribution >= 4 is 23.5 Å². The van der Waals surface area contributed by atoms with Crippen LogP contribution in [0.1, 0.15) is 15.9 Å². The van der Waals surface area contributed by atoms with Gasteiger partial charge in [-0.2, -0.15) is 0 Å². The van der Waals surface area contributed by atoms with E-state index in [-0.39, 0.29) is 5.78 Å². The second kappa shape index (κ2) is 6.16. The van der Waals surface area contributed by atoms with Crippen molar-refractivity contribution in [2.24, 2.45) is 0 Å². The Morgan fingerprint density at radius 1 is 1.32 bits per heavy atom. The highest BCUT2D eigenvalue weighted by Crippen LogP contribution is 2.13. The lowest BCUT2D eigenvalue weighted by Gasteiger charge is -1.99. The molecular weight excluding hydrogens is 262 g/mol. The predicted molar refractivity (Wildman–Crippen MR) is 75.6 cm³/mol. The third-order valence-corrected chi connectivity index (χ3v) is 2.74. The Morgan fingerprint density at radius 3 is 2.79 bits per heavy atom. The monoisotopic (exact) mass is 273 g/mol. The van der Waals surface area contributed by atoms with Crippen molar-refractivity contribution in [2.45, 2.75) is 0 Å². The number of methoxy groups -OCH3 is 1. The minimum Gasteiger partial charge on any atom is -0.481 e. The highest BCUT2D eigenvalue weighted by atomic mass is 35.5. The number of pyridine rings is 1. The number of halogens is 1. The summed E-state index contributed by atoms with van der Waals surface area (Å²) in [7, 11) is 1.53. The third kappa shape index (κ3) is 3.66. The smallest absolute Gasteiger partial charge is 0.212 e. The first-order valence-electron chi connectivity index (χ1n) is 5.67. The number of benzene rings is 1. The van der Waals surface area contributed by atoms with Crippen LogP contribution in [-0.4, -0.2) is 17.9 Å². The zero-order valence-electron chi connectivity index (χ0n) is 10.3. The fourth-order valence-corrected chi connectivity index (χ4v) is 1.72. The van der Waals surface area contributed by atoms with E-state index in [4.69, 9.17) is 16.3 Å². The number of hydrogen-bond donors (Lipinski definition) is 0. The van der Waals surface area contributed by atoms with Gasteiger partial charge in [0.1, 0.15) is 0 Å². The van der Waals surface area contributed by atoms with Crippen LogP contribution < -0.4 is 4.74 Å². The Hall–Kier alpha value is -2.13. The molecule has 0 radical (unpaired) electrons. The van der Waals surface area contributed by atoms with Gasteiger partial charge < -0.3 is 4.74 Å². The normalized spacial score (nSPS) is 10.6. The molecule has 19 heavy (non-hydrogen) atoms. The van der Waals surface area contributed by atoms with Crippen LogP contribution in [0.2, 0.25) is 5.02 Å². The van der Waals surface area contributed by atoms with Gasteiger partial charge in [0.25, 0.3) is 0 Å². The number of allylic oxidation sites excluding steroid dienone is 1. The maximum Gasteiger partial charge on any atom is 0.212 e. The van der Waals surface area contributed by atoms with Gasteiger partial charge in [-0.05, 0) is 29.8 Å². The number of carbonyl (C=O) groups is 1. The van der Waals surface area contributed by atoms with Gasteiger partial charge in [-0.3, -0.25) is 4.79 Å². The van der Waals surface area contributed by atoms with Crippen LogP contribution in [0.5, 0.6) is 5.88 Å². The molecule has 2 aromatic rings. The molecule has 0 spiro atoms. The van der Waals surface area contributed by atoms with E-state index in [1.165, 1.54) is 19.4 Å². The van der Waals surface area contributed by atoms with E-state index < -0.39 is 0 Å². The maximum absolute atomic E-state index is 11.9. The SMILES string of the molecule is COc1ccc(C(=O)/C=C/c2cccc(Cl)c2)cn1. The first kappa shape index (κ1) is 13.3. The Kier molecular flexibility index (Phi) is 4.31. The lowest BCUT2D eigenvalue weighted by Crippen LogP contribution is -1.96. The van der Waals surface area contributed by atoms with E-state index in [0.717, 1.165) is 5.56 Å². The largest absolute Gasteiger partial charge is 0.481 e. The van der Waals surface area contributed by atoms with Crippen LogP contribution in [0.4, 0.5) is 0 Å². The minimum atomic E-state index is -0.116. The lowest BCUT2D eigenvalue weighted by molar-refractivity contribution is 0.104. The van der Waals surface area contributed by atoms with Crippen molar-refractivity contribution in [1.29, 1.82) is 0 Å². The molecule has 2 rings (SSSR count). The Balaban J connectivity index is 2.11. The molecule has 0 aliphatic carbocycles. The minimum absolute atomic E-state index is 0.116. The summed E-state index contributed by atoms with van der Waals surface area (Å²) in [5, 5.41) is 0.640. The molecule has 0 N–H and O–H groups in total. The molecule has 0 saturated heterocycles. The first-order chi connectivity index (χ1) is 9.19. The fraction of sp³-hybridized carbons (Fsp3) is 0.0667. The van der Waals surface area contributed by atoms with Crippen molar-refractivity contribution in [3.63, 3.8) is 0 Å². The van der Waals surface area contributed by atoms with Crippen molar-refractivity contribution < 1.29 is 9.53 Å². The number of hydrogen-bond acceptors (Lipinski definition) is 3. The van der Waals surface area contributed by atoms with Crippen LogP contribution in [0.25, 0.3) is 6.08 Å². The van der Waals surface area contributed by atoms with Crippen LogP contribution in [0.15, 0.2) is 48.7 Å². The average Bonchev–Trinajstić information content (AvgIpc) is 2.45. The summed E-state index contributed by atoms with van der Waals surface area (Å²) < 4.78 is 4.94. The summed E-state index contributed by atoms with van der Waals surface area (Å²) in [6.45, 7) is 0. The van der Waals surface area contributed by atoms with Gasteiger partial charge in [-0.1, -0.05) is 29.8 Å². The van der Waals surface area contributed by atoms with Gasteiger partial charge in [0.15, 0.2) is 5.78 Å². The lowest BCUT2D eigenvalue weighted by atomic mass is 10.1. The van der Waals surface area contributed by atoms with Gasteiger partial charge in [0.2, 0.25) is 5.88 Å². The quantitative estimate of drug-likeness (QED) is 0.631. The fourth-order valence-electron chi connectivity index (χ4n) is 1.53. The first-order valence-corrected chi connectivity index (χ1v) is 6.05. The van der Waals surface area contributed by atoms with Crippen molar-refractivity contribution in [1.82, 2.24) is 4.98 Å². The molecule has 0 bridgehead atoms. The maximum atomic E-state index is 11.9. The molecule has 0 unspecified atom stereocenters. The Bertz CT molecular complexity index is 606. The van der Waals surface area contributed by atoms with Crippen molar-refractivity contribution in [2.75, 3.05) is 7.11 Å². The number of carbonyl (C=O) groups excluding carboxylic acids is 1. The van der Waals surface area contributed by atoms with Crippen molar-refractivity contribution in [3.05, 3.63) is 64.8 Å². The number of ether oxygens (including phenoxy) is 1. The summed E-state index contributed by atoms with van der Waals surface area (Å²) in [5.41, 5.74) is 1.39. The van der Waals surface area contributed by atoms with Gasteiger partial charge in [0.05, 0.1) is 7.11 Å². The molecule has 3 nitrogen and oxygen atoms in total.